The standard InChI is InChI=1S/C14H20N2O2/c1-18-12-7-5-11(6-8-12)16-14(17)13-4-2-3-10(13)9-15/h5-8,10,13H,2-4,9,15H2,1H3,(H,16,17)/t10-,13-/m1/s1. The lowest BCUT2D eigenvalue weighted by molar-refractivity contribution is -0.120. The Hall–Kier alpha value is -1.55. The van der Waals surface area contributed by atoms with Crippen LogP contribution in [-0.2, 0) is 4.79 Å². The molecular weight excluding hydrogens is 228 g/mol. The largest absolute Gasteiger partial charge is 0.497 e. The number of rotatable bonds is 4. The normalized spacial score (nSPS) is 22.8. The summed E-state index contributed by atoms with van der Waals surface area (Å²) in [6.07, 6.45) is 3.11. The smallest absolute Gasteiger partial charge is 0.227 e. The predicted octanol–water partition coefficient (Wildman–Crippen LogP) is 2.01. The van der Waals surface area contributed by atoms with Crippen molar-refractivity contribution in [1.29, 1.82) is 0 Å². The number of hydrogen-bond donors (Lipinski definition) is 2. The molecular formula is C14H20N2O2. The zero-order chi connectivity index (χ0) is 13.0. The van der Waals surface area contributed by atoms with Crippen molar-refractivity contribution in [3.05, 3.63) is 24.3 Å². The SMILES string of the molecule is COc1ccc(NC(=O)[C@@H]2CCC[C@@H]2CN)cc1. The highest BCUT2D eigenvalue weighted by Gasteiger charge is 2.31. The molecule has 3 N–H and O–H groups in total. The van der Waals surface area contributed by atoms with Gasteiger partial charge in [-0.25, -0.2) is 0 Å². The van der Waals surface area contributed by atoms with E-state index in [1.54, 1.807) is 7.11 Å². The highest BCUT2D eigenvalue weighted by molar-refractivity contribution is 5.93. The second-order valence-corrected chi connectivity index (χ2v) is 4.75. The number of ether oxygens (including phenoxy) is 1. The molecule has 1 aliphatic rings. The molecule has 1 aliphatic carbocycles. The van der Waals surface area contributed by atoms with Gasteiger partial charge in [-0.15, -0.1) is 0 Å². The number of nitrogens with one attached hydrogen (secondary N) is 1. The number of hydrogen-bond acceptors (Lipinski definition) is 3. The van der Waals surface area contributed by atoms with E-state index < -0.39 is 0 Å². The number of carbonyl (C=O) groups excluding carboxylic acids is 1. The molecule has 0 bridgehead atoms. The fraction of sp³-hybridized carbons (Fsp3) is 0.500. The zero-order valence-electron chi connectivity index (χ0n) is 10.7. The molecule has 98 valence electrons. The first kappa shape index (κ1) is 12.9. The number of methoxy groups -OCH3 is 1. The molecule has 1 amide bonds. The van der Waals surface area contributed by atoms with Gasteiger partial charge in [0.05, 0.1) is 7.11 Å². The quantitative estimate of drug-likeness (QED) is 0.856. The summed E-state index contributed by atoms with van der Waals surface area (Å²) in [7, 11) is 1.62. The summed E-state index contributed by atoms with van der Waals surface area (Å²) < 4.78 is 5.08. The number of benzene rings is 1. The Morgan fingerprint density at radius 1 is 1.39 bits per heavy atom. The Morgan fingerprint density at radius 2 is 2.11 bits per heavy atom. The predicted molar refractivity (Wildman–Crippen MR) is 71.5 cm³/mol. The lowest BCUT2D eigenvalue weighted by Crippen LogP contribution is -2.29. The van der Waals surface area contributed by atoms with Gasteiger partial charge in [0, 0.05) is 11.6 Å². The van der Waals surface area contributed by atoms with Gasteiger partial charge in [0.1, 0.15) is 5.75 Å². The molecule has 2 atom stereocenters. The summed E-state index contributed by atoms with van der Waals surface area (Å²) in [6.45, 7) is 0.598. The van der Waals surface area contributed by atoms with Crippen LogP contribution in [0.2, 0.25) is 0 Å². The maximum absolute atomic E-state index is 12.1. The lowest BCUT2D eigenvalue weighted by atomic mass is 9.95. The molecule has 4 heteroatoms. The first-order chi connectivity index (χ1) is 8.74. The molecule has 0 saturated heterocycles. The van der Waals surface area contributed by atoms with Crippen LogP contribution in [0.25, 0.3) is 0 Å². The molecule has 1 aromatic rings. The van der Waals surface area contributed by atoms with Crippen LogP contribution in [0.15, 0.2) is 24.3 Å². The second-order valence-electron chi connectivity index (χ2n) is 4.75. The minimum absolute atomic E-state index is 0.0668. The fourth-order valence-electron chi connectivity index (χ4n) is 2.57. The first-order valence-corrected chi connectivity index (χ1v) is 6.39. The molecule has 0 radical (unpaired) electrons. The van der Waals surface area contributed by atoms with Gasteiger partial charge < -0.3 is 15.8 Å². The Balaban J connectivity index is 1.97. The van der Waals surface area contributed by atoms with E-state index in [4.69, 9.17) is 10.5 Å². The molecule has 0 aliphatic heterocycles. The zero-order valence-corrected chi connectivity index (χ0v) is 10.7. The van der Waals surface area contributed by atoms with E-state index in [1.165, 1.54) is 0 Å². The minimum atomic E-state index is 0.0668. The third-order valence-electron chi connectivity index (χ3n) is 3.66. The summed E-state index contributed by atoms with van der Waals surface area (Å²) in [5, 5.41) is 2.95. The van der Waals surface area contributed by atoms with Crippen LogP contribution in [0.3, 0.4) is 0 Å². The average Bonchev–Trinajstić information content (AvgIpc) is 2.88. The molecule has 4 nitrogen and oxygen atoms in total. The highest BCUT2D eigenvalue weighted by atomic mass is 16.5. The molecule has 0 heterocycles. The average molecular weight is 248 g/mol. The van der Waals surface area contributed by atoms with E-state index in [0.29, 0.717) is 12.5 Å². The van der Waals surface area contributed by atoms with E-state index in [2.05, 4.69) is 5.32 Å². The summed E-state index contributed by atoms with van der Waals surface area (Å²) >= 11 is 0. The van der Waals surface area contributed by atoms with Gasteiger partial charge >= 0.3 is 0 Å². The molecule has 0 spiro atoms. The van der Waals surface area contributed by atoms with Gasteiger partial charge in [-0.1, -0.05) is 6.42 Å². The topological polar surface area (TPSA) is 64.3 Å². The van der Waals surface area contributed by atoms with E-state index in [0.717, 1.165) is 30.7 Å². The van der Waals surface area contributed by atoms with Crippen LogP contribution < -0.4 is 15.8 Å². The van der Waals surface area contributed by atoms with Crippen molar-refractivity contribution >= 4 is 11.6 Å². The number of nitrogens with two attached hydrogens (primary N) is 1. The third-order valence-corrected chi connectivity index (χ3v) is 3.66. The van der Waals surface area contributed by atoms with Crippen molar-refractivity contribution < 1.29 is 9.53 Å². The van der Waals surface area contributed by atoms with Gasteiger partial charge in [0.2, 0.25) is 5.91 Å². The van der Waals surface area contributed by atoms with Crippen LogP contribution in [0.4, 0.5) is 5.69 Å². The molecule has 1 aromatic carbocycles. The number of anilines is 1. The summed E-state index contributed by atoms with van der Waals surface area (Å²) in [6, 6.07) is 7.38. The Kier molecular flexibility index (Phi) is 4.20. The maximum Gasteiger partial charge on any atom is 0.227 e. The van der Waals surface area contributed by atoms with E-state index in [9.17, 15) is 4.79 Å². The van der Waals surface area contributed by atoms with Crippen LogP contribution in [0.1, 0.15) is 19.3 Å². The van der Waals surface area contributed by atoms with Gasteiger partial charge in [-0.2, -0.15) is 0 Å². The van der Waals surface area contributed by atoms with Crippen molar-refractivity contribution in [3.8, 4) is 5.75 Å². The highest BCUT2D eigenvalue weighted by Crippen LogP contribution is 2.31. The summed E-state index contributed by atoms with van der Waals surface area (Å²) in [4.78, 5) is 12.1. The molecule has 2 rings (SSSR count). The molecule has 1 fully saturated rings. The van der Waals surface area contributed by atoms with E-state index in [1.807, 2.05) is 24.3 Å². The van der Waals surface area contributed by atoms with E-state index >= 15 is 0 Å². The van der Waals surface area contributed by atoms with Gasteiger partial charge in [0.25, 0.3) is 0 Å². The second kappa shape index (κ2) is 5.87. The van der Waals surface area contributed by atoms with Crippen LogP contribution in [0, 0.1) is 11.8 Å². The van der Waals surface area contributed by atoms with Crippen molar-refractivity contribution in [2.45, 2.75) is 19.3 Å². The van der Waals surface area contributed by atoms with Gasteiger partial charge in [-0.05, 0) is 49.6 Å². The monoisotopic (exact) mass is 248 g/mol. The van der Waals surface area contributed by atoms with Crippen LogP contribution in [0.5, 0.6) is 5.75 Å². The molecule has 18 heavy (non-hydrogen) atoms. The Morgan fingerprint density at radius 3 is 2.72 bits per heavy atom. The first-order valence-electron chi connectivity index (χ1n) is 6.39. The summed E-state index contributed by atoms with van der Waals surface area (Å²) in [5.41, 5.74) is 6.51. The van der Waals surface area contributed by atoms with Crippen molar-refractivity contribution in [2.24, 2.45) is 17.6 Å². The lowest BCUT2D eigenvalue weighted by Gasteiger charge is -2.17. The molecule has 1 saturated carbocycles. The number of amides is 1. The van der Waals surface area contributed by atoms with Crippen molar-refractivity contribution in [2.75, 3.05) is 19.0 Å². The van der Waals surface area contributed by atoms with Crippen molar-refractivity contribution in [3.63, 3.8) is 0 Å². The van der Waals surface area contributed by atoms with Gasteiger partial charge in [-0.3, -0.25) is 4.79 Å². The molecule has 0 aromatic heterocycles. The van der Waals surface area contributed by atoms with Gasteiger partial charge in [0.15, 0.2) is 0 Å². The fourth-order valence-corrected chi connectivity index (χ4v) is 2.57. The maximum atomic E-state index is 12.1. The molecule has 0 unspecified atom stereocenters. The third kappa shape index (κ3) is 2.82. The number of carbonyl (C=O) groups is 1. The summed E-state index contributed by atoms with van der Waals surface area (Å²) in [5.74, 6) is 1.28. The Labute approximate surface area is 108 Å². The van der Waals surface area contributed by atoms with Crippen LogP contribution in [-0.4, -0.2) is 19.6 Å². The van der Waals surface area contributed by atoms with Crippen LogP contribution >= 0.6 is 0 Å². The van der Waals surface area contributed by atoms with E-state index in [-0.39, 0.29) is 11.8 Å². The minimum Gasteiger partial charge on any atom is -0.497 e. The van der Waals surface area contributed by atoms with Crippen molar-refractivity contribution in [1.82, 2.24) is 0 Å². The Bertz CT molecular complexity index is 403.